The lowest BCUT2D eigenvalue weighted by molar-refractivity contribution is -0.384. The maximum absolute atomic E-state index is 11.0. The molecule has 0 amide bonds. The molecule has 1 N–H and O–H groups in total. The number of nitrogens with zero attached hydrogens (tertiary/aromatic N) is 4. The SMILES string of the molecule is Cn1cnc(Oc2cc([N+](=O)[O-])ccc2C(=O)O)n1. The van der Waals surface area contributed by atoms with Gasteiger partial charge in [-0.1, -0.05) is 0 Å². The first-order valence-electron chi connectivity index (χ1n) is 5.02. The van der Waals surface area contributed by atoms with E-state index in [1.807, 2.05) is 0 Å². The largest absolute Gasteiger partial charge is 0.478 e. The summed E-state index contributed by atoms with van der Waals surface area (Å²) in [4.78, 5) is 24.8. The van der Waals surface area contributed by atoms with Gasteiger partial charge in [0.25, 0.3) is 5.69 Å². The Hall–Kier alpha value is -2.97. The van der Waals surface area contributed by atoms with Crippen molar-refractivity contribution in [1.82, 2.24) is 14.8 Å². The van der Waals surface area contributed by atoms with Crippen molar-refractivity contribution in [2.45, 2.75) is 0 Å². The third kappa shape index (κ3) is 2.65. The summed E-state index contributed by atoms with van der Waals surface area (Å²) in [6.07, 6.45) is 1.35. The van der Waals surface area contributed by atoms with Crippen molar-refractivity contribution < 1.29 is 19.6 Å². The summed E-state index contributed by atoms with van der Waals surface area (Å²) >= 11 is 0. The molecule has 9 nitrogen and oxygen atoms in total. The molecule has 0 spiro atoms. The quantitative estimate of drug-likeness (QED) is 0.650. The van der Waals surface area contributed by atoms with Crippen molar-refractivity contribution in [3.63, 3.8) is 0 Å². The molecule has 0 unspecified atom stereocenters. The predicted octanol–water partition coefficient (Wildman–Crippen LogP) is 1.21. The summed E-state index contributed by atoms with van der Waals surface area (Å²) in [7, 11) is 1.60. The molecule has 0 saturated heterocycles. The fourth-order valence-electron chi connectivity index (χ4n) is 1.35. The molecule has 19 heavy (non-hydrogen) atoms. The Balaban J connectivity index is 2.42. The number of aryl methyl sites for hydroxylation is 1. The van der Waals surface area contributed by atoms with Crippen molar-refractivity contribution >= 4 is 11.7 Å². The topological polar surface area (TPSA) is 120 Å². The van der Waals surface area contributed by atoms with Crippen LogP contribution >= 0.6 is 0 Å². The van der Waals surface area contributed by atoms with Crippen LogP contribution < -0.4 is 4.74 Å². The molecule has 9 heteroatoms. The minimum atomic E-state index is -1.26. The number of hydrogen-bond donors (Lipinski definition) is 1. The highest BCUT2D eigenvalue weighted by Gasteiger charge is 2.18. The molecule has 0 aliphatic rings. The Morgan fingerprint density at radius 3 is 2.79 bits per heavy atom. The number of nitro benzene ring substituents is 1. The van der Waals surface area contributed by atoms with E-state index < -0.39 is 10.9 Å². The summed E-state index contributed by atoms with van der Waals surface area (Å²) in [6.45, 7) is 0. The standard InChI is InChI=1S/C10H8N4O5/c1-13-5-11-10(12-13)19-8-4-6(14(17)18)2-3-7(8)9(15)16/h2-5H,1H3,(H,15,16). The lowest BCUT2D eigenvalue weighted by Crippen LogP contribution is -2.02. The highest BCUT2D eigenvalue weighted by molar-refractivity contribution is 5.91. The molecular weight excluding hydrogens is 256 g/mol. The molecule has 0 bridgehead atoms. The first-order valence-corrected chi connectivity index (χ1v) is 5.02. The van der Waals surface area contributed by atoms with E-state index in [9.17, 15) is 14.9 Å². The molecule has 98 valence electrons. The van der Waals surface area contributed by atoms with Crippen LogP contribution in [-0.4, -0.2) is 30.8 Å². The number of rotatable bonds is 4. The third-order valence-electron chi connectivity index (χ3n) is 2.19. The van der Waals surface area contributed by atoms with Gasteiger partial charge in [-0.3, -0.25) is 14.8 Å². The van der Waals surface area contributed by atoms with E-state index in [0.29, 0.717) is 0 Å². The molecule has 0 atom stereocenters. The average molecular weight is 264 g/mol. The molecule has 0 aliphatic carbocycles. The van der Waals surface area contributed by atoms with Crippen molar-refractivity contribution in [2.75, 3.05) is 0 Å². The second-order valence-electron chi connectivity index (χ2n) is 3.55. The summed E-state index contributed by atoms with van der Waals surface area (Å²) < 4.78 is 6.51. The summed E-state index contributed by atoms with van der Waals surface area (Å²) in [5, 5.41) is 23.4. The monoisotopic (exact) mass is 264 g/mol. The van der Waals surface area contributed by atoms with Crippen molar-refractivity contribution in [3.05, 3.63) is 40.2 Å². The van der Waals surface area contributed by atoms with Crippen LogP contribution in [-0.2, 0) is 7.05 Å². The van der Waals surface area contributed by atoms with E-state index in [1.165, 1.54) is 11.0 Å². The van der Waals surface area contributed by atoms with Gasteiger partial charge in [0.05, 0.1) is 11.0 Å². The zero-order chi connectivity index (χ0) is 14.0. The fraction of sp³-hybridized carbons (Fsp3) is 0.100. The highest BCUT2D eigenvalue weighted by atomic mass is 16.6. The van der Waals surface area contributed by atoms with Crippen molar-refractivity contribution in [2.24, 2.45) is 7.05 Å². The van der Waals surface area contributed by atoms with Crippen LogP contribution in [0.5, 0.6) is 11.8 Å². The zero-order valence-electron chi connectivity index (χ0n) is 9.68. The Bertz CT molecular complexity index is 651. The van der Waals surface area contributed by atoms with Crippen LogP contribution in [0.4, 0.5) is 5.69 Å². The normalized spacial score (nSPS) is 10.2. The average Bonchev–Trinajstić information content (AvgIpc) is 2.74. The third-order valence-corrected chi connectivity index (χ3v) is 2.19. The molecule has 0 fully saturated rings. The highest BCUT2D eigenvalue weighted by Crippen LogP contribution is 2.27. The van der Waals surface area contributed by atoms with Gasteiger partial charge in [-0.2, -0.15) is 4.98 Å². The minimum absolute atomic E-state index is 0.0921. The molecule has 0 saturated carbocycles. The molecule has 1 heterocycles. The summed E-state index contributed by atoms with van der Waals surface area (Å²) in [6, 6.07) is 3.10. The van der Waals surface area contributed by atoms with E-state index in [0.717, 1.165) is 18.2 Å². The predicted molar refractivity (Wildman–Crippen MR) is 61.1 cm³/mol. The minimum Gasteiger partial charge on any atom is -0.478 e. The fourth-order valence-corrected chi connectivity index (χ4v) is 1.35. The first kappa shape index (κ1) is 12.5. The summed E-state index contributed by atoms with van der Waals surface area (Å²) in [5.41, 5.74) is -0.492. The molecule has 1 aromatic heterocycles. The number of aromatic nitrogens is 3. The van der Waals surface area contributed by atoms with Crippen LogP contribution in [0.2, 0.25) is 0 Å². The van der Waals surface area contributed by atoms with Gasteiger partial charge in [0, 0.05) is 13.1 Å². The van der Waals surface area contributed by atoms with Crippen LogP contribution in [0, 0.1) is 10.1 Å². The van der Waals surface area contributed by atoms with Crippen molar-refractivity contribution in [3.8, 4) is 11.8 Å². The van der Waals surface area contributed by atoms with Crippen molar-refractivity contribution in [1.29, 1.82) is 0 Å². The van der Waals surface area contributed by atoms with Crippen LogP contribution in [0.25, 0.3) is 0 Å². The number of carboxylic acid groups (broad SMARTS) is 1. The maximum atomic E-state index is 11.0. The van der Waals surface area contributed by atoms with Gasteiger partial charge < -0.3 is 9.84 Å². The van der Waals surface area contributed by atoms with E-state index in [1.54, 1.807) is 7.05 Å². The molecule has 2 aromatic rings. The van der Waals surface area contributed by atoms with E-state index in [-0.39, 0.29) is 23.0 Å². The number of benzene rings is 1. The van der Waals surface area contributed by atoms with Gasteiger partial charge in [-0.25, -0.2) is 4.79 Å². The molecule has 0 radical (unpaired) electrons. The number of nitro groups is 1. The molecule has 0 aliphatic heterocycles. The first-order chi connectivity index (χ1) is 8.97. The number of carbonyl (C=O) groups is 1. The van der Waals surface area contributed by atoms with Crippen LogP contribution in [0.1, 0.15) is 10.4 Å². The number of hydrogen-bond acceptors (Lipinski definition) is 6. The van der Waals surface area contributed by atoms with Crippen LogP contribution in [0.3, 0.4) is 0 Å². The number of aromatic carboxylic acids is 1. The van der Waals surface area contributed by atoms with E-state index >= 15 is 0 Å². The number of non-ortho nitro benzene ring substituents is 1. The Morgan fingerprint density at radius 1 is 1.53 bits per heavy atom. The van der Waals surface area contributed by atoms with E-state index in [4.69, 9.17) is 9.84 Å². The van der Waals surface area contributed by atoms with Crippen LogP contribution in [0.15, 0.2) is 24.5 Å². The lowest BCUT2D eigenvalue weighted by Gasteiger charge is -2.04. The zero-order valence-corrected chi connectivity index (χ0v) is 9.68. The van der Waals surface area contributed by atoms with Gasteiger partial charge in [-0.15, -0.1) is 5.10 Å². The van der Waals surface area contributed by atoms with Gasteiger partial charge in [0.1, 0.15) is 11.9 Å². The number of carboxylic acids is 1. The Morgan fingerprint density at radius 2 is 2.26 bits per heavy atom. The molecule has 1 aromatic carbocycles. The van der Waals surface area contributed by atoms with Gasteiger partial charge in [-0.05, 0) is 6.07 Å². The van der Waals surface area contributed by atoms with Gasteiger partial charge >= 0.3 is 12.0 Å². The number of ether oxygens (including phenoxy) is 1. The van der Waals surface area contributed by atoms with E-state index in [2.05, 4.69) is 10.1 Å². The summed E-state index contributed by atoms with van der Waals surface area (Å²) in [5.74, 6) is -1.45. The smallest absolute Gasteiger partial charge is 0.341 e. The Kier molecular flexibility index (Phi) is 3.10. The Labute approximate surface area is 106 Å². The molecule has 2 rings (SSSR count). The maximum Gasteiger partial charge on any atom is 0.341 e. The second kappa shape index (κ2) is 4.72. The second-order valence-corrected chi connectivity index (χ2v) is 3.55. The van der Waals surface area contributed by atoms with Gasteiger partial charge in [0.15, 0.2) is 5.75 Å². The van der Waals surface area contributed by atoms with Gasteiger partial charge in [0.2, 0.25) is 0 Å². The lowest BCUT2D eigenvalue weighted by atomic mass is 10.2. The molecular formula is C10H8N4O5.